The van der Waals surface area contributed by atoms with Crippen molar-refractivity contribution in [2.75, 3.05) is 25.6 Å². The van der Waals surface area contributed by atoms with Gasteiger partial charge in [0.2, 0.25) is 0 Å². The molecule has 1 aromatic rings. The number of carbonyl (C=O) groups excluding carboxylic acids is 1. The van der Waals surface area contributed by atoms with Gasteiger partial charge in [-0.2, -0.15) is 0 Å². The van der Waals surface area contributed by atoms with Crippen LogP contribution in [-0.2, 0) is 9.47 Å². The summed E-state index contributed by atoms with van der Waals surface area (Å²) in [5.74, 6) is 0.0724. The molecule has 0 saturated carbocycles. The first kappa shape index (κ1) is 13.4. The molecule has 0 atom stereocenters. The van der Waals surface area contributed by atoms with E-state index >= 15 is 0 Å². The third kappa shape index (κ3) is 3.23. The van der Waals surface area contributed by atoms with Crippen molar-refractivity contribution in [1.29, 1.82) is 0 Å². The molecule has 1 fully saturated rings. The van der Waals surface area contributed by atoms with Crippen molar-refractivity contribution in [3.63, 3.8) is 0 Å². The number of esters is 1. The highest BCUT2D eigenvalue weighted by molar-refractivity contribution is 9.10. The fraction of sp³-hybridized carbons (Fsp3) is 0.462. The Balaban J connectivity index is 1.93. The van der Waals surface area contributed by atoms with Gasteiger partial charge in [-0.3, -0.25) is 0 Å². The van der Waals surface area contributed by atoms with E-state index in [1.807, 2.05) is 0 Å². The smallest absolute Gasteiger partial charge is 0.339 e. The van der Waals surface area contributed by atoms with Crippen LogP contribution in [0.15, 0.2) is 22.7 Å². The largest absolute Gasteiger partial charge is 0.462 e. The lowest BCUT2D eigenvalue weighted by Gasteiger charge is -2.21. The van der Waals surface area contributed by atoms with Gasteiger partial charge in [0.05, 0.1) is 16.6 Å². The zero-order valence-corrected chi connectivity index (χ0v) is 11.6. The summed E-state index contributed by atoms with van der Waals surface area (Å²) in [5, 5.41) is 0. The zero-order valence-electron chi connectivity index (χ0n) is 10.0. The van der Waals surface area contributed by atoms with Gasteiger partial charge in [0, 0.05) is 18.9 Å². The van der Waals surface area contributed by atoms with Gasteiger partial charge >= 0.3 is 5.97 Å². The zero-order chi connectivity index (χ0) is 13.0. The number of carbonyl (C=O) groups is 1. The number of hydrogen-bond donors (Lipinski definition) is 1. The van der Waals surface area contributed by atoms with E-state index in [1.54, 1.807) is 18.2 Å². The Hall–Kier alpha value is -1.07. The number of benzene rings is 1. The molecular formula is C13H16BrNO3. The summed E-state index contributed by atoms with van der Waals surface area (Å²) in [6, 6.07) is 5.18. The standard InChI is InChI=1S/C13H16BrNO3/c14-12-10(2-1-3-11(12)15)13(16)18-8-9-4-6-17-7-5-9/h1-3,9H,4-8,15H2. The van der Waals surface area contributed by atoms with E-state index in [0.717, 1.165) is 26.1 Å². The van der Waals surface area contributed by atoms with Gasteiger partial charge in [-0.05, 0) is 46.8 Å². The molecule has 1 heterocycles. The van der Waals surface area contributed by atoms with E-state index < -0.39 is 0 Å². The van der Waals surface area contributed by atoms with Crippen molar-refractivity contribution >= 4 is 27.6 Å². The summed E-state index contributed by atoms with van der Waals surface area (Å²) in [7, 11) is 0. The first-order valence-corrected chi connectivity index (χ1v) is 6.76. The molecule has 1 aliphatic heterocycles. The fourth-order valence-electron chi connectivity index (χ4n) is 1.89. The molecule has 1 saturated heterocycles. The molecule has 18 heavy (non-hydrogen) atoms. The summed E-state index contributed by atoms with van der Waals surface area (Å²) in [6.45, 7) is 1.96. The van der Waals surface area contributed by atoms with Crippen molar-refractivity contribution in [1.82, 2.24) is 0 Å². The van der Waals surface area contributed by atoms with E-state index in [1.165, 1.54) is 0 Å². The van der Waals surface area contributed by atoms with Gasteiger partial charge in [0.1, 0.15) is 0 Å². The Morgan fingerprint density at radius 3 is 2.89 bits per heavy atom. The van der Waals surface area contributed by atoms with Crippen molar-refractivity contribution in [2.24, 2.45) is 5.92 Å². The molecule has 1 aliphatic rings. The van der Waals surface area contributed by atoms with E-state index in [-0.39, 0.29) is 5.97 Å². The summed E-state index contributed by atoms with van der Waals surface area (Å²) in [4.78, 5) is 11.9. The quantitative estimate of drug-likeness (QED) is 0.688. The first-order chi connectivity index (χ1) is 8.68. The lowest BCUT2D eigenvalue weighted by atomic mass is 10.0. The summed E-state index contributed by atoms with van der Waals surface area (Å²) in [6.07, 6.45) is 1.90. The molecule has 0 aromatic heterocycles. The van der Waals surface area contributed by atoms with E-state index in [9.17, 15) is 4.79 Å². The molecule has 2 rings (SSSR count). The highest BCUT2D eigenvalue weighted by Gasteiger charge is 2.18. The van der Waals surface area contributed by atoms with Gasteiger partial charge < -0.3 is 15.2 Å². The third-order valence-electron chi connectivity index (χ3n) is 3.04. The van der Waals surface area contributed by atoms with Gasteiger partial charge in [-0.15, -0.1) is 0 Å². The Bertz CT molecular complexity index is 430. The maximum absolute atomic E-state index is 11.9. The minimum atomic E-state index is -0.333. The fourth-order valence-corrected chi connectivity index (χ4v) is 2.32. The van der Waals surface area contributed by atoms with E-state index in [2.05, 4.69) is 15.9 Å². The van der Waals surface area contributed by atoms with Crippen LogP contribution in [0, 0.1) is 5.92 Å². The topological polar surface area (TPSA) is 61.6 Å². The van der Waals surface area contributed by atoms with Crippen LogP contribution in [0.5, 0.6) is 0 Å². The van der Waals surface area contributed by atoms with Crippen LogP contribution in [0.4, 0.5) is 5.69 Å². The Morgan fingerprint density at radius 1 is 1.44 bits per heavy atom. The predicted octanol–water partition coefficient (Wildman–Crippen LogP) is 2.61. The van der Waals surface area contributed by atoms with E-state index in [4.69, 9.17) is 15.2 Å². The van der Waals surface area contributed by atoms with Crippen LogP contribution in [0.3, 0.4) is 0 Å². The lowest BCUT2D eigenvalue weighted by molar-refractivity contribution is 0.0185. The van der Waals surface area contributed by atoms with Gasteiger partial charge in [0.25, 0.3) is 0 Å². The maximum atomic E-state index is 11.9. The maximum Gasteiger partial charge on any atom is 0.339 e. The first-order valence-electron chi connectivity index (χ1n) is 5.97. The van der Waals surface area contributed by atoms with Gasteiger partial charge in [-0.1, -0.05) is 6.07 Å². The van der Waals surface area contributed by atoms with Crippen LogP contribution >= 0.6 is 15.9 Å². The predicted molar refractivity (Wildman–Crippen MR) is 72.4 cm³/mol. The Labute approximate surface area is 115 Å². The van der Waals surface area contributed by atoms with Crippen molar-refractivity contribution < 1.29 is 14.3 Å². The van der Waals surface area contributed by atoms with Crippen molar-refractivity contribution in [3.05, 3.63) is 28.2 Å². The second kappa shape index (κ2) is 6.20. The highest BCUT2D eigenvalue weighted by Crippen LogP contribution is 2.25. The molecule has 0 aliphatic carbocycles. The minimum absolute atomic E-state index is 0.333. The molecular weight excluding hydrogens is 298 g/mol. The molecule has 4 nitrogen and oxygen atoms in total. The molecule has 0 amide bonds. The van der Waals surface area contributed by atoms with Crippen molar-refractivity contribution in [2.45, 2.75) is 12.8 Å². The Morgan fingerprint density at radius 2 is 2.17 bits per heavy atom. The summed E-state index contributed by atoms with van der Waals surface area (Å²) >= 11 is 3.30. The highest BCUT2D eigenvalue weighted by atomic mass is 79.9. The molecule has 0 unspecified atom stereocenters. The number of hydrogen-bond acceptors (Lipinski definition) is 4. The number of nitrogen functional groups attached to an aromatic ring is 1. The van der Waals surface area contributed by atoms with Crippen LogP contribution in [0.2, 0.25) is 0 Å². The monoisotopic (exact) mass is 313 g/mol. The average molecular weight is 314 g/mol. The minimum Gasteiger partial charge on any atom is -0.462 e. The molecule has 98 valence electrons. The molecule has 0 spiro atoms. The second-order valence-electron chi connectivity index (χ2n) is 4.36. The summed E-state index contributed by atoms with van der Waals surface area (Å²) < 4.78 is 11.2. The molecule has 0 bridgehead atoms. The van der Waals surface area contributed by atoms with Crippen LogP contribution in [-0.4, -0.2) is 25.8 Å². The molecule has 5 heteroatoms. The number of ether oxygens (including phenoxy) is 2. The second-order valence-corrected chi connectivity index (χ2v) is 5.16. The lowest BCUT2D eigenvalue weighted by Crippen LogP contribution is -2.22. The third-order valence-corrected chi connectivity index (χ3v) is 3.92. The summed E-state index contributed by atoms with van der Waals surface area (Å²) in [5.41, 5.74) is 6.74. The Kier molecular flexibility index (Phi) is 4.60. The number of rotatable bonds is 3. The average Bonchev–Trinajstić information content (AvgIpc) is 2.40. The molecule has 0 radical (unpaired) electrons. The molecule has 2 N–H and O–H groups in total. The number of anilines is 1. The van der Waals surface area contributed by atoms with E-state index in [0.29, 0.717) is 28.2 Å². The van der Waals surface area contributed by atoms with Crippen molar-refractivity contribution in [3.8, 4) is 0 Å². The van der Waals surface area contributed by atoms with Crippen LogP contribution in [0.25, 0.3) is 0 Å². The van der Waals surface area contributed by atoms with Crippen LogP contribution in [0.1, 0.15) is 23.2 Å². The SMILES string of the molecule is Nc1cccc(C(=O)OCC2CCOCC2)c1Br. The van der Waals surface area contributed by atoms with Crippen LogP contribution < -0.4 is 5.73 Å². The molecule has 1 aromatic carbocycles. The van der Waals surface area contributed by atoms with Gasteiger partial charge in [-0.25, -0.2) is 4.79 Å². The normalized spacial score (nSPS) is 16.5. The van der Waals surface area contributed by atoms with Gasteiger partial charge in [0.15, 0.2) is 0 Å². The number of nitrogens with two attached hydrogens (primary N) is 1. The number of halogens is 1.